The van der Waals surface area contributed by atoms with Crippen LogP contribution in [0.4, 0.5) is 8.78 Å². The SMILES string of the molecule is CNCCn1c([C@@]23CC[C@]4(C)[C@H](CC[C@@H]5[C@@]6(C)CC[C@H](OC(=O)CC(C)(C)C(=O)Oc7cc(-n8c(=O)c(C)c([C@@]9%10CC[C@]%11(C)[C@H](CC[C@@H]%12[C@@]%13(C)CC[C@H](OC(=O)CC(C)(C)C(=O)O)C(C)(C)[C@@H]%13CC[C@]%12%11C)C9=C(C(C)C)C(=O)C%10)n8CCN)ccc7F)C(C)(C)[C@@H]6CC[C@]54C)C2=C(C(C)C)C(=O)C3)c(C)c(=O)n1-c1ccc(F)cc1. The van der Waals surface area contributed by atoms with E-state index in [2.05, 4.69) is 107 Å². The minimum absolute atomic E-state index is 0.0120. The summed E-state index contributed by atoms with van der Waals surface area (Å²) in [6.45, 7) is 43.9. The third kappa shape index (κ3) is 12.3. The lowest BCUT2D eigenvalue weighted by Crippen LogP contribution is -2.66. The maximum absolute atomic E-state index is 16.5. The summed E-state index contributed by atoms with van der Waals surface area (Å²) in [7, 11) is 1.89. The van der Waals surface area contributed by atoms with Gasteiger partial charge >= 0.3 is 23.9 Å². The van der Waals surface area contributed by atoms with Crippen LogP contribution in [0.25, 0.3) is 11.4 Å². The van der Waals surface area contributed by atoms with E-state index in [0.29, 0.717) is 67.4 Å². The van der Waals surface area contributed by atoms with Crippen molar-refractivity contribution < 1.29 is 56.9 Å². The third-order valence-corrected chi connectivity index (χ3v) is 34.6. The number of carbonyl (C=O) groups is 6. The van der Waals surface area contributed by atoms with Crippen molar-refractivity contribution in [3.05, 3.63) is 120 Å². The summed E-state index contributed by atoms with van der Waals surface area (Å²) in [6, 6.07) is 10.1. The predicted octanol–water partition coefficient (Wildman–Crippen LogP) is 17.5. The molecule has 2 heterocycles. The highest BCUT2D eigenvalue weighted by atomic mass is 19.1. The third-order valence-electron chi connectivity index (χ3n) is 34.6. The van der Waals surface area contributed by atoms with E-state index in [0.717, 1.165) is 112 Å². The van der Waals surface area contributed by atoms with Gasteiger partial charge in [-0.25, -0.2) is 18.1 Å². The highest BCUT2D eigenvalue weighted by molar-refractivity contribution is 6.03. The van der Waals surface area contributed by atoms with Crippen LogP contribution in [0.5, 0.6) is 5.75 Å². The molecule has 0 spiro atoms. The number of nitrogens with one attached hydrogen (secondary N) is 1. The molecule has 0 radical (unpaired) electrons. The number of halogens is 2. The molecule has 18 nitrogen and oxygen atoms in total. The zero-order chi connectivity index (χ0) is 84.0. The highest BCUT2D eigenvalue weighted by Crippen LogP contribution is 2.80. The summed E-state index contributed by atoms with van der Waals surface area (Å²) in [6.07, 6.45) is 12.5. The molecular weight excluding hydrogens is 1460 g/mol. The number of aliphatic carboxylic acids is 1. The van der Waals surface area contributed by atoms with Gasteiger partial charge in [0.2, 0.25) is 0 Å². The number of carboxylic acid groups (broad SMARTS) is 1. The first-order chi connectivity index (χ1) is 53.6. The zero-order valence-corrected chi connectivity index (χ0v) is 72.8. The van der Waals surface area contributed by atoms with Gasteiger partial charge in [0.25, 0.3) is 11.1 Å². The van der Waals surface area contributed by atoms with Gasteiger partial charge in [-0.1, -0.05) is 96.9 Å². The van der Waals surface area contributed by atoms with Gasteiger partial charge in [-0.05, 0) is 290 Å². The number of hydrogen-bond acceptors (Lipinski definition) is 13. The Morgan fingerprint density at radius 3 is 1.40 bits per heavy atom. The molecule has 16 atom stereocenters. The van der Waals surface area contributed by atoms with Crippen LogP contribution in [-0.2, 0) is 62.2 Å². The number of nitrogens with two attached hydrogens (primary N) is 1. The topological polar surface area (TPSA) is 242 Å². The molecule has 0 unspecified atom stereocenters. The molecule has 8 saturated carbocycles. The van der Waals surface area contributed by atoms with E-state index in [-0.39, 0.29) is 146 Å². The molecule has 10 aliphatic rings. The second kappa shape index (κ2) is 28.6. The first-order valence-corrected chi connectivity index (χ1v) is 43.6. The molecule has 0 bridgehead atoms. The van der Waals surface area contributed by atoms with Gasteiger partial charge in [-0.3, -0.25) is 47.7 Å². The Hall–Kier alpha value is -7.06. The Kier molecular flexibility index (Phi) is 21.0. The van der Waals surface area contributed by atoms with Gasteiger partial charge in [0.05, 0.1) is 59.5 Å². The van der Waals surface area contributed by atoms with E-state index in [1.54, 1.807) is 44.5 Å². The summed E-state index contributed by atoms with van der Waals surface area (Å²) in [5.74, 6) is -3.25. The lowest BCUT2D eigenvalue weighted by atomic mass is 9.33. The average molecular weight is 1590 g/mol. The zero-order valence-electron chi connectivity index (χ0n) is 72.8. The van der Waals surface area contributed by atoms with Gasteiger partial charge in [0.15, 0.2) is 23.1 Å². The number of aromatic nitrogens is 4. The van der Waals surface area contributed by atoms with Crippen molar-refractivity contribution in [2.24, 2.45) is 107 Å². The second-order valence-corrected chi connectivity index (χ2v) is 42.5. The Balaban J connectivity index is 0.682. The largest absolute Gasteiger partial charge is 0.481 e. The Labute approximate surface area is 680 Å². The first kappa shape index (κ1) is 84.4. The summed E-state index contributed by atoms with van der Waals surface area (Å²) < 4.78 is 57.1. The molecule has 0 amide bonds. The van der Waals surface area contributed by atoms with Crippen molar-refractivity contribution in [3.63, 3.8) is 0 Å². The van der Waals surface area contributed by atoms with Crippen molar-refractivity contribution in [1.82, 2.24) is 24.0 Å². The van der Waals surface area contributed by atoms with E-state index in [1.807, 2.05) is 25.6 Å². The quantitative estimate of drug-likeness (QED) is 0.0551. The number of benzene rings is 2. The van der Waals surface area contributed by atoms with Gasteiger partial charge in [-0.2, -0.15) is 0 Å². The number of fused-ring (bicyclic) bond motifs is 14. The number of ether oxygens (including phenoxy) is 3. The van der Waals surface area contributed by atoms with Crippen molar-refractivity contribution >= 4 is 35.4 Å². The fourth-order valence-corrected chi connectivity index (χ4v) is 28.8. The van der Waals surface area contributed by atoms with Crippen LogP contribution < -0.4 is 26.9 Å². The van der Waals surface area contributed by atoms with Crippen molar-refractivity contribution in [2.75, 3.05) is 20.1 Å². The lowest BCUT2D eigenvalue weighted by Gasteiger charge is -2.72. The fourth-order valence-electron chi connectivity index (χ4n) is 28.8. The number of allylic oxidation sites excluding steroid dienone is 4. The normalized spacial score (nSPS) is 34.7. The van der Waals surface area contributed by atoms with Crippen LogP contribution in [0.2, 0.25) is 0 Å². The fraction of sp³-hybridized carbons (Fsp3) is 0.705. The number of ketones is 2. The number of Topliss-reactive ketones (excluding diaryl/α,β-unsaturated/α-hetero) is 2. The maximum Gasteiger partial charge on any atom is 0.317 e. The van der Waals surface area contributed by atoms with Crippen molar-refractivity contribution in [1.29, 1.82) is 0 Å². The number of likely N-dealkylation sites (N-methyl/N-ethyl adjacent to an activating group) is 1. The molecule has 628 valence electrons. The molecule has 14 rings (SSSR count). The Morgan fingerprint density at radius 2 is 0.974 bits per heavy atom. The minimum Gasteiger partial charge on any atom is -0.481 e. The van der Waals surface area contributed by atoms with Crippen molar-refractivity contribution in [2.45, 2.75) is 303 Å². The molecule has 115 heavy (non-hydrogen) atoms. The van der Waals surface area contributed by atoms with Crippen LogP contribution >= 0.6 is 0 Å². The smallest absolute Gasteiger partial charge is 0.317 e. The van der Waals surface area contributed by atoms with Gasteiger partial charge < -0.3 is 30.4 Å². The van der Waals surface area contributed by atoms with Crippen LogP contribution in [-0.4, -0.2) is 91.6 Å². The molecule has 0 saturated heterocycles. The van der Waals surface area contributed by atoms with E-state index >= 15 is 14.0 Å². The maximum atomic E-state index is 16.5. The molecule has 0 aliphatic heterocycles. The predicted molar refractivity (Wildman–Crippen MR) is 440 cm³/mol. The number of nitrogens with zero attached hydrogens (tertiary/aromatic N) is 4. The molecule has 10 aliphatic carbocycles. The summed E-state index contributed by atoms with van der Waals surface area (Å²) >= 11 is 0. The van der Waals surface area contributed by atoms with E-state index < -0.39 is 68.6 Å². The standard InChI is InChI=1S/C95H132F2N6O12/c1-53(2)74-63(104)49-94(42-40-90(17)60(76(74)94)27-30-68-88(15)36-34-70(114-72(106)51-84(7,8)82(110)111)86(11,12)66(88)32-38-92(68,90)19)78-55(5)81(109)103(100(78)46-44-98)59-26-29-62(97)65(48-59)113-83(112)85(9,10)52-73(107)115-71-35-37-89(16)67(87(71,13)14)33-39-93(20)69(89)31-28-61-77-75(54(3)4)64(105)50-95(77,43-41-91(61,93)18)79-56(6)80(108)102(101(79)47-45-99-21)58-24-22-57(96)23-25-58/h22-26,29,48,53-54,60-61,66-71,99H,27-28,30-47,49-52,98H2,1-21H3,(H,110,111)/t60-,61-,66+,67+,68-,69-,70+,71+,88+,89+,90-,91-,92-,93-,94-,95-/m1/s1. The number of hydrogen-bond donors (Lipinski definition) is 3. The minimum atomic E-state index is -1.49. The molecular formula is C95H132F2N6O12. The highest BCUT2D eigenvalue weighted by Gasteiger charge is 2.74. The Bertz CT molecular complexity index is 4850. The molecule has 4 aromatic rings. The second-order valence-electron chi connectivity index (χ2n) is 42.5. The van der Waals surface area contributed by atoms with Gasteiger partial charge in [0, 0.05) is 64.8 Å². The lowest BCUT2D eigenvalue weighted by molar-refractivity contribution is -0.232. The van der Waals surface area contributed by atoms with Gasteiger partial charge in [-0.15, -0.1) is 0 Å². The number of esters is 3. The van der Waals surface area contributed by atoms with Crippen LogP contribution in [0.1, 0.15) is 276 Å². The van der Waals surface area contributed by atoms with Crippen molar-refractivity contribution in [3.8, 4) is 17.1 Å². The monoisotopic (exact) mass is 1590 g/mol. The number of carbonyl (C=O) groups excluding carboxylic acids is 5. The van der Waals surface area contributed by atoms with E-state index in [9.17, 15) is 38.3 Å². The Morgan fingerprint density at radius 1 is 0.548 bits per heavy atom. The van der Waals surface area contributed by atoms with Crippen LogP contribution in [0.3, 0.4) is 0 Å². The van der Waals surface area contributed by atoms with Crippen LogP contribution in [0.15, 0.2) is 74.3 Å². The average Bonchev–Trinajstić information content (AvgIpc) is 1.61. The van der Waals surface area contributed by atoms with E-state index in [4.69, 9.17) is 19.9 Å². The van der Waals surface area contributed by atoms with Gasteiger partial charge in [0.1, 0.15) is 18.0 Å². The molecule has 8 fully saturated rings. The molecule has 2 aromatic carbocycles. The molecule has 20 heteroatoms. The first-order valence-electron chi connectivity index (χ1n) is 43.6. The number of carboxylic acids is 1. The summed E-state index contributed by atoms with van der Waals surface area (Å²) in [4.78, 5) is 115. The molecule has 2 aromatic heterocycles. The van der Waals surface area contributed by atoms with Crippen LogP contribution in [0, 0.1) is 127 Å². The molecule has 4 N–H and O–H groups in total. The summed E-state index contributed by atoms with van der Waals surface area (Å²) in [5.41, 5.74) is 7.72. The summed E-state index contributed by atoms with van der Waals surface area (Å²) in [5, 5.41) is 13.1. The number of rotatable bonds is 20. The van der Waals surface area contributed by atoms with E-state index in [1.165, 1.54) is 40.6 Å².